The van der Waals surface area contributed by atoms with Gasteiger partial charge in [-0.05, 0) is 55.2 Å². The molecule has 0 saturated carbocycles. The van der Waals surface area contributed by atoms with Crippen molar-refractivity contribution in [2.45, 2.75) is 26.2 Å². The third-order valence-electron chi connectivity index (χ3n) is 3.83. The van der Waals surface area contributed by atoms with E-state index in [4.69, 9.17) is 0 Å². The number of hydrogen-bond donors (Lipinski definition) is 2. The van der Waals surface area contributed by atoms with Gasteiger partial charge in [0, 0.05) is 18.1 Å². The number of nitrogens with zero attached hydrogens (tertiary/aromatic N) is 4. The van der Waals surface area contributed by atoms with E-state index in [1.165, 1.54) is 0 Å². The van der Waals surface area contributed by atoms with E-state index in [1.807, 2.05) is 44.2 Å². The third kappa shape index (κ3) is 3.62. The Bertz CT molecular complexity index is 816. The Balaban J connectivity index is 1.85. The second kappa shape index (κ2) is 6.99. The van der Waals surface area contributed by atoms with Crippen molar-refractivity contribution in [2.75, 3.05) is 5.32 Å². The fraction of sp³-hybridized carbons (Fsp3) is 0.235. The molecule has 2 aromatic heterocycles. The SMILES string of the molecule is Cc1ccc(C)c(NC(=O)C(Cc2ccncc2)c2nn[nH]n2)c1. The minimum absolute atomic E-state index is 0.165. The smallest absolute Gasteiger partial charge is 0.235 e. The van der Waals surface area contributed by atoms with Crippen molar-refractivity contribution in [3.63, 3.8) is 0 Å². The Morgan fingerprint density at radius 2 is 2.00 bits per heavy atom. The maximum atomic E-state index is 12.8. The number of aryl methyl sites for hydroxylation is 2. The van der Waals surface area contributed by atoms with E-state index in [0.29, 0.717) is 12.2 Å². The summed E-state index contributed by atoms with van der Waals surface area (Å²) in [7, 11) is 0. The number of carbonyl (C=O) groups excluding carboxylic acids is 1. The molecule has 0 aliphatic heterocycles. The van der Waals surface area contributed by atoms with E-state index in [9.17, 15) is 4.79 Å². The predicted molar refractivity (Wildman–Crippen MR) is 89.4 cm³/mol. The van der Waals surface area contributed by atoms with Crippen molar-refractivity contribution in [1.82, 2.24) is 25.6 Å². The first-order chi connectivity index (χ1) is 11.6. The number of aromatic amines is 1. The molecule has 0 bridgehead atoms. The lowest BCUT2D eigenvalue weighted by atomic mass is 9.98. The highest BCUT2D eigenvalue weighted by Crippen LogP contribution is 2.22. The molecule has 0 aliphatic rings. The molecule has 3 rings (SSSR count). The van der Waals surface area contributed by atoms with Crippen molar-refractivity contribution >= 4 is 11.6 Å². The second-order valence-electron chi connectivity index (χ2n) is 5.69. The number of hydrogen-bond acceptors (Lipinski definition) is 5. The van der Waals surface area contributed by atoms with Gasteiger partial charge in [0.1, 0.15) is 5.92 Å². The highest BCUT2D eigenvalue weighted by Gasteiger charge is 2.25. The second-order valence-corrected chi connectivity index (χ2v) is 5.69. The van der Waals surface area contributed by atoms with Crippen LogP contribution in [0, 0.1) is 13.8 Å². The van der Waals surface area contributed by atoms with Crippen LogP contribution in [0.15, 0.2) is 42.7 Å². The van der Waals surface area contributed by atoms with Gasteiger partial charge in [0.05, 0.1) is 0 Å². The minimum Gasteiger partial charge on any atom is -0.325 e. The summed E-state index contributed by atoms with van der Waals surface area (Å²) in [5, 5.41) is 17.0. The lowest BCUT2D eigenvalue weighted by Crippen LogP contribution is -2.24. The molecule has 7 nitrogen and oxygen atoms in total. The zero-order valence-corrected chi connectivity index (χ0v) is 13.5. The van der Waals surface area contributed by atoms with E-state index in [-0.39, 0.29) is 5.91 Å². The summed E-state index contributed by atoms with van der Waals surface area (Å²) in [6.07, 6.45) is 3.87. The van der Waals surface area contributed by atoms with Crippen LogP contribution in [-0.2, 0) is 11.2 Å². The average Bonchev–Trinajstić information content (AvgIpc) is 3.11. The monoisotopic (exact) mass is 322 g/mol. The first kappa shape index (κ1) is 15.8. The Labute approximate surface area is 139 Å². The van der Waals surface area contributed by atoms with E-state index in [2.05, 4.69) is 30.9 Å². The molecular weight excluding hydrogens is 304 g/mol. The van der Waals surface area contributed by atoms with Crippen LogP contribution in [0.1, 0.15) is 28.4 Å². The van der Waals surface area contributed by atoms with Crippen molar-refractivity contribution in [1.29, 1.82) is 0 Å². The molecule has 122 valence electrons. The molecule has 0 aliphatic carbocycles. The molecule has 1 amide bonds. The summed E-state index contributed by atoms with van der Waals surface area (Å²) in [4.78, 5) is 16.8. The molecule has 1 unspecified atom stereocenters. The van der Waals surface area contributed by atoms with Crippen LogP contribution < -0.4 is 5.32 Å². The maximum Gasteiger partial charge on any atom is 0.235 e. The number of tetrazole rings is 1. The number of pyridine rings is 1. The van der Waals surface area contributed by atoms with Crippen LogP contribution in [-0.4, -0.2) is 31.5 Å². The number of carbonyl (C=O) groups is 1. The molecule has 0 radical (unpaired) electrons. The maximum absolute atomic E-state index is 12.8. The van der Waals surface area contributed by atoms with Gasteiger partial charge in [-0.25, -0.2) is 0 Å². The van der Waals surface area contributed by atoms with E-state index < -0.39 is 5.92 Å². The largest absolute Gasteiger partial charge is 0.325 e. The number of rotatable bonds is 5. The number of nitrogens with one attached hydrogen (secondary N) is 2. The normalized spacial score (nSPS) is 11.9. The van der Waals surface area contributed by atoms with E-state index in [0.717, 1.165) is 22.4 Å². The zero-order chi connectivity index (χ0) is 16.9. The molecule has 0 spiro atoms. The molecule has 0 fully saturated rings. The van der Waals surface area contributed by atoms with Crippen LogP contribution in [0.4, 0.5) is 5.69 Å². The first-order valence-corrected chi connectivity index (χ1v) is 7.64. The van der Waals surface area contributed by atoms with Crippen molar-refractivity contribution < 1.29 is 4.79 Å². The molecule has 2 heterocycles. The summed E-state index contributed by atoms with van der Waals surface area (Å²) in [5.41, 5.74) is 3.87. The van der Waals surface area contributed by atoms with Gasteiger partial charge >= 0.3 is 0 Å². The van der Waals surface area contributed by atoms with Crippen LogP contribution in [0.3, 0.4) is 0 Å². The summed E-state index contributed by atoms with van der Waals surface area (Å²) >= 11 is 0. The lowest BCUT2D eigenvalue weighted by molar-refractivity contribution is -0.117. The lowest BCUT2D eigenvalue weighted by Gasteiger charge is -2.15. The highest BCUT2D eigenvalue weighted by atomic mass is 16.1. The highest BCUT2D eigenvalue weighted by molar-refractivity contribution is 5.96. The van der Waals surface area contributed by atoms with Crippen molar-refractivity contribution in [2.24, 2.45) is 0 Å². The van der Waals surface area contributed by atoms with E-state index in [1.54, 1.807) is 12.4 Å². The van der Waals surface area contributed by atoms with Crippen LogP contribution in [0.5, 0.6) is 0 Å². The van der Waals surface area contributed by atoms with Crippen LogP contribution in [0.2, 0.25) is 0 Å². The van der Waals surface area contributed by atoms with Gasteiger partial charge in [-0.1, -0.05) is 17.3 Å². The Morgan fingerprint density at radius 3 is 2.71 bits per heavy atom. The van der Waals surface area contributed by atoms with Gasteiger partial charge in [-0.2, -0.15) is 5.21 Å². The number of anilines is 1. The molecule has 7 heteroatoms. The van der Waals surface area contributed by atoms with Crippen LogP contribution >= 0.6 is 0 Å². The van der Waals surface area contributed by atoms with Gasteiger partial charge in [-0.3, -0.25) is 9.78 Å². The summed E-state index contributed by atoms with van der Waals surface area (Å²) in [6.45, 7) is 3.95. The minimum atomic E-state index is -0.536. The summed E-state index contributed by atoms with van der Waals surface area (Å²) in [6, 6.07) is 9.69. The van der Waals surface area contributed by atoms with Crippen LogP contribution in [0.25, 0.3) is 0 Å². The topological polar surface area (TPSA) is 96.5 Å². The Morgan fingerprint density at radius 1 is 1.21 bits per heavy atom. The molecule has 3 aromatic rings. The summed E-state index contributed by atoms with van der Waals surface area (Å²) < 4.78 is 0. The third-order valence-corrected chi connectivity index (χ3v) is 3.83. The molecular formula is C17H18N6O. The first-order valence-electron chi connectivity index (χ1n) is 7.64. The molecule has 1 atom stereocenters. The molecule has 24 heavy (non-hydrogen) atoms. The van der Waals surface area contributed by atoms with Gasteiger partial charge in [0.15, 0.2) is 5.82 Å². The van der Waals surface area contributed by atoms with Crippen molar-refractivity contribution in [3.05, 3.63) is 65.2 Å². The standard InChI is InChI=1S/C17H18N6O/c1-11-3-4-12(2)15(9-11)19-17(24)14(16-20-22-23-21-16)10-13-5-7-18-8-6-13/h3-9,14H,10H2,1-2H3,(H,19,24)(H,20,21,22,23). The number of amides is 1. The molecule has 0 saturated heterocycles. The van der Waals surface area contributed by atoms with Gasteiger partial charge in [0.2, 0.25) is 5.91 Å². The fourth-order valence-electron chi connectivity index (χ4n) is 2.46. The van der Waals surface area contributed by atoms with Gasteiger partial charge < -0.3 is 5.32 Å². The Kier molecular flexibility index (Phi) is 4.60. The van der Waals surface area contributed by atoms with Gasteiger partial charge in [0.25, 0.3) is 0 Å². The number of aromatic nitrogens is 5. The average molecular weight is 322 g/mol. The summed E-state index contributed by atoms with van der Waals surface area (Å²) in [5.74, 6) is -0.331. The fourth-order valence-corrected chi connectivity index (χ4v) is 2.46. The zero-order valence-electron chi connectivity index (χ0n) is 13.5. The Hall–Kier alpha value is -3.09. The number of benzene rings is 1. The molecule has 1 aromatic carbocycles. The van der Waals surface area contributed by atoms with E-state index >= 15 is 0 Å². The predicted octanol–water partition coefficient (Wildman–Crippen LogP) is 2.18. The van der Waals surface area contributed by atoms with Gasteiger partial charge in [-0.15, -0.1) is 10.2 Å². The number of H-pyrrole nitrogens is 1. The molecule has 2 N–H and O–H groups in total. The van der Waals surface area contributed by atoms with Crippen molar-refractivity contribution in [3.8, 4) is 0 Å². The quantitative estimate of drug-likeness (QED) is 0.750.